The van der Waals surface area contributed by atoms with E-state index in [4.69, 9.17) is 4.42 Å². The molecule has 1 aromatic heterocycles. The molecule has 1 aliphatic rings. The number of aryl methyl sites for hydroxylation is 1. The molecule has 6 nitrogen and oxygen atoms in total. The van der Waals surface area contributed by atoms with Crippen LogP contribution in [0.2, 0.25) is 0 Å². The van der Waals surface area contributed by atoms with E-state index in [1.54, 1.807) is 30.5 Å². The molecule has 2 heterocycles. The highest BCUT2D eigenvalue weighted by Gasteiger charge is 2.34. The zero-order chi connectivity index (χ0) is 17.1. The van der Waals surface area contributed by atoms with Gasteiger partial charge in [0.15, 0.2) is 0 Å². The number of amides is 3. The number of urea groups is 1. The molecular formula is C17H18FN3O3. The normalized spacial score (nSPS) is 17.2. The van der Waals surface area contributed by atoms with Crippen molar-refractivity contribution in [3.63, 3.8) is 0 Å². The maximum absolute atomic E-state index is 13.8. The first-order valence-electron chi connectivity index (χ1n) is 7.69. The summed E-state index contributed by atoms with van der Waals surface area (Å²) in [6, 6.07) is 6.78. The second-order valence-electron chi connectivity index (χ2n) is 5.61. The summed E-state index contributed by atoms with van der Waals surface area (Å²) in [6.45, 7) is 2.49. The second-order valence-corrected chi connectivity index (χ2v) is 5.61. The van der Waals surface area contributed by atoms with Crippen molar-refractivity contribution < 1.29 is 18.4 Å². The first-order valence-corrected chi connectivity index (χ1v) is 7.69. The maximum atomic E-state index is 13.8. The van der Waals surface area contributed by atoms with Crippen molar-refractivity contribution in [2.75, 3.05) is 11.4 Å². The van der Waals surface area contributed by atoms with Crippen LogP contribution < -0.4 is 15.5 Å². The first-order chi connectivity index (χ1) is 11.6. The van der Waals surface area contributed by atoms with Gasteiger partial charge in [-0.3, -0.25) is 4.79 Å². The monoisotopic (exact) mass is 331 g/mol. The lowest BCUT2D eigenvalue weighted by molar-refractivity contribution is -0.118. The minimum Gasteiger partial charge on any atom is -0.469 e. The van der Waals surface area contributed by atoms with Crippen LogP contribution in [0, 0.1) is 12.7 Å². The fourth-order valence-corrected chi connectivity index (χ4v) is 2.70. The van der Waals surface area contributed by atoms with Gasteiger partial charge in [0.25, 0.3) is 0 Å². The third-order valence-electron chi connectivity index (χ3n) is 4.06. The summed E-state index contributed by atoms with van der Waals surface area (Å²) in [5.41, 5.74) is 1.11. The number of nitrogens with zero attached hydrogens (tertiary/aromatic N) is 1. The minimum absolute atomic E-state index is 0.237. The molecule has 0 saturated carbocycles. The Labute approximate surface area is 138 Å². The molecule has 2 N–H and O–H groups in total. The van der Waals surface area contributed by atoms with Crippen LogP contribution in [0.3, 0.4) is 0 Å². The molecule has 1 saturated heterocycles. The van der Waals surface area contributed by atoms with Gasteiger partial charge in [-0.05, 0) is 31.5 Å². The van der Waals surface area contributed by atoms with E-state index in [1.807, 2.05) is 6.92 Å². The summed E-state index contributed by atoms with van der Waals surface area (Å²) in [5.74, 6) is -0.0286. The summed E-state index contributed by atoms with van der Waals surface area (Å²) in [7, 11) is 0. The molecule has 7 heteroatoms. The average molecular weight is 331 g/mol. The molecule has 1 fully saturated rings. The van der Waals surface area contributed by atoms with Gasteiger partial charge in [0.1, 0.15) is 17.6 Å². The third-order valence-corrected chi connectivity index (χ3v) is 4.06. The van der Waals surface area contributed by atoms with Crippen molar-refractivity contribution in [2.45, 2.75) is 25.9 Å². The van der Waals surface area contributed by atoms with Crippen molar-refractivity contribution in [3.8, 4) is 0 Å². The quantitative estimate of drug-likeness (QED) is 0.903. The topological polar surface area (TPSA) is 74.6 Å². The predicted octanol–water partition coefficient (Wildman–Crippen LogP) is 2.33. The Kier molecular flexibility index (Phi) is 4.50. The Morgan fingerprint density at radius 3 is 2.88 bits per heavy atom. The Bertz CT molecular complexity index is 759. The van der Waals surface area contributed by atoms with Crippen LogP contribution in [0.25, 0.3) is 0 Å². The average Bonchev–Trinajstić information content (AvgIpc) is 3.13. The Morgan fingerprint density at radius 2 is 2.17 bits per heavy atom. The SMILES string of the molecule is Cc1occc1CNC(=O)N[C@H]1CCN(c2ccccc2F)C1=O. The van der Waals surface area contributed by atoms with Gasteiger partial charge in [-0.15, -0.1) is 0 Å². The number of furan rings is 1. The lowest BCUT2D eigenvalue weighted by Gasteiger charge is -2.18. The van der Waals surface area contributed by atoms with Crippen molar-refractivity contribution in [1.29, 1.82) is 0 Å². The lowest BCUT2D eigenvalue weighted by atomic mass is 10.2. The van der Waals surface area contributed by atoms with Gasteiger partial charge in [-0.1, -0.05) is 12.1 Å². The van der Waals surface area contributed by atoms with Gasteiger partial charge in [-0.2, -0.15) is 0 Å². The van der Waals surface area contributed by atoms with Crippen LogP contribution in [-0.2, 0) is 11.3 Å². The standard InChI is InChI=1S/C17H18FN3O3/c1-11-12(7-9-24-11)10-19-17(23)20-14-6-8-21(16(14)22)15-5-3-2-4-13(15)18/h2-5,7,9,14H,6,8,10H2,1H3,(H2,19,20,23)/t14-/m0/s1. The number of hydrogen-bond acceptors (Lipinski definition) is 3. The molecule has 1 atom stereocenters. The molecule has 0 radical (unpaired) electrons. The molecule has 126 valence electrons. The van der Waals surface area contributed by atoms with Crippen LogP contribution in [0.15, 0.2) is 41.0 Å². The molecule has 0 bridgehead atoms. The number of anilines is 1. The van der Waals surface area contributed by atoms with Crippen LogP contribution in [0.1, 0.15) is 17.7 Å². The zero-order valence-electron chi connectivity index (χ0n) is 13.2. The molecular weight excluding hydrogens is 313 g/mol. The molecule has 1 aromatic carbocycles. The molecule has 0 unspecified atom stereocenters. The maximum Gasteiger partial charge on any atom is 0.315 e. The molecule has 2 aromatic rings. The van der Waals surface area contributed by atoms with Crippen LogP contribution in [0.4, 0.5) is 14.9 Å². The van der Waals surface area contributed by atoms with Gasteiger partial charge in [0.05, 0.1) is 12.0 Å². The molecule has 3 amide bonds. The van der Waals surface area contributed by atoms with Gasteiger partial charge in [-0.25, -0.2) is 9.18 Å². The molecule has 1 aliphatic heterocycles. The van der Waals surface area contributed by atoms with Gasteiger partial charge < -0.3 is 20.0 Å². The van der Waals surface area contributed by atoms with Crippen LogP contribution >= 0.6 is 0 Å². The highest BCUT2D eigenvalue weighted by atomic mass is 19.1. The predicted molar refractivity (Wildman–Crippen MR) is 86.0 cm³/mol. The van der Waals surface area contributed by atoms with Crippen molar-refractivity contribution in [3.05, 3.63) is 53.7 Å². The van der Waals surface area contributed by atoms with E-state index in [0.29, 0.717) is 19.5 Å². The smallest absolute Gasteiger partial charge is 0.315 e. The summed E-state index contributed by atoms with van der Waals surface area (Å²) in [5, 5.41) is 5.32. The molecule has 0 aliphatic carbocycles. The van der Waals surface area contributed by atoms with Gasteiger partial charge in [0, 0.05) is 18.7 Å². The summed E-state index contributed by atoms with van der Waals surface area (Å²) >= 11 is 0. The number of benzene rings is 1. The highest BCUT2D eigenvalue weighted by molar-refractivity contribution is 6.01. The van der Waals surface area contributed by atoms with E-state index in [-0.39, 0.29) is 11.6 Å². The Hall–Kier alpha value is -2.83. The van der Waals surface area contributed by atoms with Crippen molar-refractivity contribution in [1.82, 2.24) is 10.6 Å². The molecule has 0 spiro atoms. The fourth-order valence-electron chi connectivity index (χ4n) is 2.70. The van der Waals surface area contributed by atoms with E-state index in [2.05, 4.69) is 10.6 Å². The van der Waals surface area contributed by atoms with Gasteiger partial charge in [0.2, 0.25) is 5.91 Å². The second kappa shape index (κ2) is 6.74. The third kappa shape index (κ3) is 3.24. The fraction of sp³-hybridized carbons (Fsp3) is 0.294. The Balaban J connectivity index is 1.57. The minimum atomic E-state index is -0.657. The van der Waals surface area contributed by atoms with Crippen LogP contribution in [-0.4, -0.2) is 24.5 Å². The number of para-hydroxylation sites is 1. The first kappa shape index (κ1) is 16.0. The van der Waals surface area contributed by atoms with E-state index in [9.17, 15) is 14.0 Å². The number of carbonyl (C=O) groups is 2. The molecule has 3 rings (SSSR count). The van der Waals surface area contributed by atoms with E-state index in [1.165, 1.54) is 11.0 Å². The van der Waals surface area contributed by atoms with Gasteiger partial charge >= 0.3 is 6.03 Å². The van der Waals surface area contributed by atoms with Crippen molar-refractivity contribution in [2.24, 2.45) is 0 Å². The molecule has 24 heavy (non-hydrogen) atoms. The Morgan fingerprint density at radius 1 is 1.38 bits per heavy atom. The van der Waals surface area contributed by atoms with E-state index < -0.39 is 17.9 Å². The van der Waals surface area contributed by atoms with E-state index >= 15 is 0 Å². The summed E-state index contributed by atoms with van der Waals surface area (Å²) in [6.07, 6.45) is 1.99. The van der Waals surface area contributed by atoms with E-state index in [0.717, 1.165) is 11.3 Å². The summed E-state index contributed by atoms with van der Waals surface area (Å²) in [4.78, 5) is 25.7. The largest absolute Gasteiger partial charge is 0.469 e. The zero-order valence-corrected chi connectivity index (χ0v) is 13.2. The summed E-state index contributed by atoms with van der Waals surface area (Å²) < 4.78 is 19.0. The highest BCUT2D eigenvalue weighted by Crippen LogP contribution is 2.24. The number of halogens is 1. The number of rotatable bonds is 4. The number of nitrogens with one attached hydrogen (secondary N) is 2. The number of carbonyl (C=O) groups excluding carboxylic acids is 2. The number of hydrogen-bond donors (Lipinski definition) is 2. The van der Waals surface area contributed by atoms with Crippen molar-refractivity contribution >= 4 is 17.6 Å². The van der Waals surface area contributed by atoms with Crippen LogP contribution in [0.5, 0.6) is 0 Å². The lowest BCUT2D eigenvalue weighted by Crippen LogP contribution is -2.46.